The Bertz CT molecular complexity index is 728. The van der Waals surface area contributed by atoms with Crippen LogP contribution in [0.25, 0.3) is 0 Å². The van der Waals surface area contributed by atoms with Gasteiger partial charge in [-0.05, 0) is 32.1 Å². The minimum absolute atomic E-state index is 0.0128. The molecule has 0 aromatic heterocycles. The number of aliphatic hydroxyl groups excluding tert-OH is 2. The van der Waals surface area contributed by atoms with Crippen molar-refractivity contribution in [3.63, 3.8) is 0 Å². The predicted molar refractivity (Wildman–Crippen MR) is 122 cm³/mol. The van der Waals surface area contributed by atoms with E-state index in [2.05, 4.69) is 21.3 Å². The van der Waals surface area contributed by atoms with Crippen LogP contribution in [0.1, 0.15) is 48.0 Å². The van der Waals surface area contributed by atoms with Crippen LogP contribution in [0.3, 0.4) is 0 Å². The van der Waals surface area contributed by atoms with Gasteiger partial charge in [-0.2, -0.15) is 0 Å². The van der Waals surface area contributed by atoms with Crippen LogP contribution in [0.2, 0.25) is 0 Å². The second-order valence-corrected chi connectivity index (χ2v) is 9.00. The van der Waals surface area contributed by atoms with Crippen LogP contribution in [0.4, 0.5) is 0 Å². The number of amides is 4. The van der Waals surface area contributed by atoms with Crippen LogP contribution < -0.4 is 27.0 Å². The van der Waals surface area contributed by atoms with Crippen LogP contribution in [-0.2, 0) is 24.0 Å². The maximum Gasteiger partial charge on any atom is 0.326 e. The molecule has 4 amide bonds. The Morgan fingerprint density at radius 1 is 0.765 bits per heavy atom. The lowest BCUT2D eigenvalue weighted by molar-refractivity contribution is -0.143. The average Bonchev–Trinajstić information content (AvgIpc) is 2.73. The highest BCUT2D eigenvalue weighted by atomic mass is 16.4. The normalized spacial score (nSPS) is 16.6. The van der Waals surface area contributed by atoms with E-state index in [1.165, 1.54) is 13.8 Å². The molecule has 0 aliphatic heterocycles. The van der Waals surface area contributed by atoms with Gasteiger partial charge in [0.15, 0.2) is 0 Å². The molecule has 0 saturated heterocycles. The van der Waals surface area contributed by atoms with Gasteiger partial charge in [0.2, 0.25) is 23.6 Å². The minimum Gasteiger partial charge on any atom is -0.480 e. The van der Waals surface area contributed by atoms with E-state index in [4.69, 9.17) is 5.73 Å². The first-order chi connectivity index (χ1) is 15.6. The third-order valence-corrected chi connectivity index (χ3v) is 4.96. The lowest BCUT2D eigenvalue weighted by atomic mass is 10.00. The molecule has 0 heterocycles. The smallest absolute Gasteiger partial charge is 0.326 e. The van der Waals surface area contributed by atoms with Gasteiger partial charge in [0.1, 0.15) is 30.2 Å². The predicted octanol–water partition coefficient (Wildman–Crippen LogP) is -2.57. The summed E-state index contributed by atoms with van der Waals surface area (Å²) in [7, 11) is 0. The van der Waals surface area contributed by atoms with Crippen LogP contribution in [-0.4, -0.2) is 87.8 Å². The van der Waals surface area contributed by atoms with E-state index in [0.29, 0.717) is 0 Å². The molecule has 13 heteroatoms. The summed E-state index contributed by atoms with van der Waals surface area (Å²) in [5.41, 5.74) is 5.49. The summed E-state index contributed by atoms with van der Waals surface area (Å²) in [5, 5.41) is 37.5. The Kier molecular flexibility index (Phi) is 13.3. The van der Waals surface area contributed by atoms with Crippen LogP contribution >= 0.6 is 0 Å². The molecular weight excluding hydrogens is 450 g/mol. The average molecular weight is 490 g/mol. The summed E-state index contributed by atoms with van der Waals surface area (Å²) >= 11 is 0. The highest BCUT2D eigenvalue weighted by molar-refractivity contribution is 5.95. The number of carboxylic acids is 1. The molecule has 0 rings (SSSR count). The van der Waals surface area contributed by atoms with Gasteiger partial charge in [-0.1, -0.05) is 27.7 Å². The van der Waals surface area contributed by atoms with Gasteiger partial charge in [0.05, 0.1) is 12.7 Å². The molecule has 0 spiro atoms. The zero-order chi connectivity index (χ0) is 26.7. The molecule has 0 aromatic rings. The van der Waals surface area contributed by atoms with Gasteiger partial charge in [-0.3, -0.25) is 19.2 Å². The van der Waals surface area contributed by atoms with Crippen molar-refractivity contribution in [2.75, 3.05) is 6.61 Å². The molecule has 0 bridgehead atoms. The van der Waals surface area contributed by atoms with Crippen molar-refractivity contribution in [3.8, 4) is 0 Å². The van der Waals surface area contributed by atoms with E-state index in [-0.39, 0.29) is 12.3 Å². The van der Waals surface area contributed by atoms with Crippen molar-refractivity contribution in [1.29, 1.82) is 0 Å². The highest BCUT2D eigenvalue weighted by Crippen LogP contribution is 2.08. The van der Waals surface area contributed by atoms with Crippen LogP contribution in [0.5, 0.6) is 0 Å². The summed E-state index contributed by atoms with van der Waals surface area (Å²) in [6.07, 6.45) is -0.980. The zero-order valence-electron chi connectivity index (χ0n) is 20.5. The Labute approximate surface area is 199 Å². The fourth-order valence-electron chi connectivity index (χ4n) is 2.83. The summed E-state index contributed by atoms with van der Waals surface area (Å²) < 4.78 is 0. The molecule has 6 atom stereocenters. The number of aliphatic carboxylic acids is 1. The lowest BCUT2D eigenvalue weighted by Gasteiger charge is -2.26. The Morgan fingerprint density at radius 3 is 1.71 bits per heavy atom. The lowest BCUT2D eigenvalue weighted by Crippen LogP contribution is -2.59. The van der Waals surface area contributed by atoms with Crippen molar-refractivity contribution in [2.24, 2.45) is 17.6 Å². The molecular formula is C21H39N5O8. The fraction of sp³-hybridized carbons (Fsp3) is 0.762. The van der Waals surface area contributed by atoms with Crippen LogP contribution in [0, 0.1) is 11.8 Å². The van der Waals surface area contributed by atoms with E-state index < -0.39 is 78.4 Å². The molecule has 0 aliphatic rings. The van der Waals surface area contributed by atoms with E-state index in [1.54, 1.807) is 13.8 Å². The van der Waals surface area contributed by atoms with Gasteiger partial charge in [-0.15, -0.1) is 0 Å². The largest absolute Gasteiger partial charge is 0.480 e. The fourth-order valence-corrected chi connectivity index (χ4v) is 2.83. The monoisotopic (exact) mass is 489 g/mol. The maximum atomic E-state index is 12.7. The Balaban J connectivity index is 5.17. The Hall–Kier alpha value is -2.77. The molecule has 0 fully saturated rings. The van der Waals surface area contributed by atoms with Gasteiger partial charge >= 0.3 is 5.97 Å². The molecule has 0 aliphatic carbocycles. The second kappa shape index (κ2) is 14.5. The first kappa shape index (κ1) is 31.2. The molecule has 0 aromatic carbocycles. The molecule has 13 nitrogen and oxygen atoms in total. The van der Waals surface area contributed by atoms with Crippen molar-refractivity contribution in [2.45, 2.75) is 84.3 Å². The van der Waals surface area contributed by atoms with Crippen molar-refractivity contribution in [1.82, 2.24) is 21.3 Å². The minimum atomic E-state index is -1.43. The number of carbonyl (C=O) groups is 5. The third-order valence-electron chi connectivity index (χ3n) is 4.96. The molecule has 196 valence electrons. The quantitative estimate of drug-likeness (QED) is 0.128. The number of nitrogens with one attached hydrogen (secondary N) is 4. The summed E-state index contributed by atoms with van der Waals surface area (Å²) in [6.45, 7) is 8.78. The van der Waals surface area contributed by atoms with E-state index >= 15 is 0 Å². The number of nitrogens with two attached hydrogens (primary N) is 1. The van der Waals surface area contributed by atoms with Crippen molar-refractivity contribution in [3.05, 3.63) is 0 Å². The van der Waals surface area contributed by atoms with Crippen molar-refractivity contribution < 1.29 is 39.3 Å². The van der Waals surface area contributed by atoms with E-state index in [1.807, 2.05) is 13.8 Å². The van der Waals surface area contributed by atoms with Gasteiger partial charge in [-0.25, -0.2) is 4.79 Å². The summed E-state index contributed by atoms with van der Waals surface area (Å²) in [5.74, 6) is -4.74. The molecule has 34 heavy (non-hydrogen) atoms. The third kappa shape index (κ3) is 10.4. The second-order valence-electron chi connectivity index (χ2n) is 9.00. The topological polar surface area (TPSA) is 220 Å². The zero-order valence-corrected chi connectivity index (χ0v) is 20.5. The first-order valence-corrected chi connectivity index (χ1v) is 11.1. The number of carboxylic acid groups (broad SMARTS) is 1. The number of carbonyl (C=O) groups excluding carboxylic acids is 4. The number of aliphatic hydroxyl groups is 2. The molecule has 0 saturated carbocycles. The molecule has 9 N–H and O–H groups in total. The number of rotatable bonds is 14. The van der Waals surface area contributed by atoms with Gasteiger partial charge < -0.3 is 42.3 Å². The van der Waals surface area contributed by atoms with Gasteiger partial charge in [0, 0.05) is 0 Å². The maximum absolute atomic E-state index is 12.7. The van der Waals surface area contributed by atoms with E-state index in [9.17, 15) is 39.3 Å². The summed E-state index contributed by atoms with van der Waals surface area (Å²) in [6, 6.07) is -6.10. The Morgan fingerprint density at radius 2 is 1.29 bits per heavy atom. The van der Waals surface area contributed by atoms with Crippen LogP contribution in [0.15, 0.2) is 0 Å². The SMILES string of the molecule is CC(C)C[C@H](NC(=O)[C@@H](NC(=O)[C@H](C)NC(=O)[C@H](CO)NC(=O)[C@@H](N)[C@@H](C)O)C(C)C)C(=O)O. The summed E-state index contributed by atoms with van der Waals surface area (Å²) in [4.78, 5) is 61.0. The highest BCUT2D eigenvalue weighted by Gasteiger charge is 2.32. The first-order valence-electron chi connectivity index (χ1n) is 11.1. The van der Waals surface area contributed by atoms with Crippen molar-refractivity contribution >= 4 is 29.6 Å². The van der Waals surface area contributed by atoms with Gasteiger partial charge in [0.25, 0.3) is 0 Å². The molecule has 0 unspecified atom stereocenters. The standard InChI is InChI=1S/C21H39N5O8/c1-9(2)7-13(21(33)34)24-20(32)16(10(3)4)26-17(29)11(5)23-18(30)14(8-27)25-19(31)15(22)12(6)28/h9-16,27-28H,7-8,22H2,1-6H3,(H,23,30)(H,24,32)(H,25,31)(H,26,29)(H,33,34)/t11-,12+,13-,14-,15-,16-/m0/s1. The van der Waals surface area contributed by atoms with E-state index in [0.717, 1.165) is 0 Å². The number of hydrogen-bond acceptors (Lipinski definition) is 8. The molecule has 0 radical (unpaired) electrons. The number of hydrogen-bond donors (Lipinski definition) is 8.